The maximum atomic E-state index is 11.6. The largest absolute Gasteiger partial charge is 0.461 e. The Kier molecular flexibility index (Phi) is 6.55. The molecule has 110 valence electrons. The number of esters is 1. The number of ether oxygens (including phenoxy) is 1. The summed E-state index contributed by atoms with van der Waals surface area (Å²) in [5.74, 6) is 0.877. The van der Waals surface area contributed by atoms with Gasteiger partial charge in [0.25, 0.3) is 0 Å². The number of pyridine rings is 1. The van der Waals surface area contributed by atoms with Crippen molar-refractivity contribution < 1.29 is 9.53 Å². The van der Waals surface area contributed by atoms with Gasteiger partial charge < -0.3 is 4.74 Å². The molecule has 0 bridgehead atoms. The highest BCUT2D eigenvalue weighted by molar-refractivity contribution is 5.69. The van der Waals surface area contributed by atoms with Crippen LogP contribution in [0.15, 0.2) is 24.5 Å². The highest BCUT2D eigenvalue weighted by Crippen LogP contribution is 2.29. The number of hydrogen-bond acceptors (Lipinski definition) is 3. The third kappa shape index (κ3) is 5.72. The lowest BCUT2D eigenvalue weighted by Crippen LogP contribution is -2.04. The summed E-state index contributed by atoms with van der Waals surface area (Å²) >= 11 is 0. The second kappa shape index (κ2) is 8.72. The molecule has 0 aromatic carbocycles. The predicted octanol–water partition coefficient (Wildman–Crippen LogP) is 4.27. The van der Waals surface area contributed by atoms with Gasteiger partial charge in [0, 0.05) is 24.4 Å². The molecule has 3 heteroatoms. The fourth-order valence-corrected chi connectivity index (χ4v) is 2.90. The van der Waals surface area contributed by atoms with Gasteiger partial charge >= 0.3 is 5.97 Å². The summed E-state index contributed by atoms with van der Waals surface area (Å²) in [6.07, 6.45) is 14.4. The molecule has 0 unspecified atom stereocenters. The molecule has 0 saturated heterocycles. The van der Waals surface area contributed by atoms with Gasteiger partial charge in [0.05, 0.1) is 0 Å². The van der Waals surface area contributed by atoms with Crippen LogP contribution in [0.5, 0.6) is 0 Å². The predicted molar refractivity (Wildman–Crippen MR) is 79.1 cm³/mol. The molecule has 0 aliphatic heterocycles. The number of carbonyl (C=O) groups excluding carboxylic acids is 1. The van der Waals surface area contributed by atoms with Crippen LogP contribution in [0.25, 0.3) is 0 Å². The van der Waals surface area contributed by atoms with Crippen LogP contribution in [0.1, 0.15) is 63.4 Å². The molecular weight excluding hydrogens is 250 g/mol. The van der Waals surface area contributed by atoms with Crippen LogP contribution in [0.3, 0.4) is 0 Å². The van der Waals surface area contributed by atoms with E-state index in [-0.39, 0.29) is 5.97 Å². The first kappa shape index (κ1) is 15.0. The van der Waals surface area contributed by atoms with E-state index < -0.39 is 0 Å². The van der Waals surface area contributed by atoms with E-state index in [0.29, 0.717) is 13.0 Å². The Labute approximate surface area is 121 Å². The van der Waals surface area contributed by atoms with Gasteiger partial charge in [-0.15, -0.1) is 0 Å². The van der Waals surface area contributed by atoms with Gasteiger partial charge in [0.2, 0.25) is 0 Å². The monoisotopic (exact) mass is 275 g/mol. The van der Waals surface area contributed by atoms with Crippen molar-refractivity contribution >= 4 is 5.97 Å². The molecule has 1 saturated carbocycles. The van der Waals surface area contributed by atoms with E-state index in [4.69, 9.17) is 4.74 Å². The Morgan fingerprint density at radius 1 is 1.25 bits per heavy atom. The number of carbonyl (C=O) groups is 1. The minimum Gasteiger partial charge on any atom is -0.461 e. The quantitative estimate of drug-likeness (QED) is 0.525. The van der Waals surface area contributed by atoms with Crippen molar-refractivity contribution in [1.29, 1.82) is 0 Å². The summed E-state index contributed by atoms with van der Waals surface area (Å²) in [5.41, 5.74) is 0.946. The maximum absolute atomic E-state index is 11.6. The summed E-state index contributed by atoms with van der Waals surface area (Å²) in [6.45, 7) is 0.342. The van der Waals surface area contributed by atoms with E-state index in [1.165, 1.54) is 38.5 Å². The molecular formula is C17H25NO2. The van der Waals surface area contributed by atoms with Crippen molar-refractivity contribution in [1.82, 2.24) is 4.98 Å². The fraction of sp³-hybridized carbons (Fsp3) is 0.647. The molecule has 3 nitrogen and oxygen atoms in total. The Morgan fingerprint density at radius 3 is 2.85 bits per heavy atom. The van der Waals surface area contributed by atoms with Crippen LogP contribution in [0, 0.1) is 5.92 Å². The van der Waals surface area contributed by atoms with Gasteiger partial charge in [-0.25, -0.2) is 0 Å². The van der Waals surface area contributed by atoms with Crippen LogP contribution in [-0.2, 0) is 16.1 Å². The topological polar surface area (TPSA) is 39.2 Å². The molecule has 0 spiro atoms. The SMILES string of the molecule is O=C(CCCCCC1CCCC1)OCc1cccnc1. The third-order valence-corrected chi connectivity index (χ3v) is 4.09. The van der Waals surface area contributed by atoms with Gasteiger partial charge in [-0.3, -0.25) is 9.78 Å². The molecule has 1 aromatic heterocycles. The van der Waals surface area contributed by atoms with E-state index in [0.717, 1.165) is 24.3 Å². The molecule has 0 N–H and O–H groups in total. The Hall–Kier alpha value is -1.38. The van der Waals surface area contributed by atoms with E-state index in [2.05, 4.69) is 4.98 Å². The Balaban J connectivity index is 1.47. The zero-order valence-corrected chi connectivity index (χ0v) is 12.2. The standard InChI is InChI=1S/C17H25NO2/c19-17(20-14-16-10-6-12-18-13-16)11-3-1-2-7-15-8-4-5-9-15/h6,10,12-13,15H,1-5,7-9,11,14H2. The second-order valence-corrected chi connectivity index (χ2v) is 5.77. The first-order valence-electron chi connectivity index (χ1n) is 7.89. The van der Waals surface area contributed by atoms with Gasteiger partial charge in [0.15, 0.2) is 0 Å². The van der Waals surface area contributed by atoms with Gasteiger partial charge in [-0.05, 0) is 18.4 Å². The van der Waals surface area contributed by atoms with Crippen LogP contribution in [0.2, 0.25) is 0 Å². The zero-order valence-electron chi connectivity index (χ0n) is 12.2. The van der Waals surface area contributed by atoms with E-state index >= 15 is 0 Å². The van der Waals surface area contributed by atoms with E-state index in [9.17, 15) is 4.79 Å². The maximum Gasteiger partial charge on any atom is 0.306 e. The molecule has 20 heavy (non-hydrogen) atoms. The highest BCUT2D eigenvalue weighted by atomic mass is 16.5. The third-order valence-electron chi connectivity index (χ3n) is 4.09. The van der Waals surface area contributed by atoms with Crippen molar-refractivity contribution in [3.05, 3.63) is 30.1 Å². The van der Waals surface area contributed by atoms with Gasteiger partial charge in [-0.1, -0.05) is 51.0 Å². The van der Waals surface area contributed by atoms with Gasteiger partial charge in [-0.2, -0.15) is 0 Å². The average Bonchev–Trinajstić information content (AvgIpc) is 2.99. The smallest absolute Gasteiger partial charge is 0.306 e. The Bertz CT molecular complexity index is 385. The van der Waals surface area contributed by atoms with Gasteiger partial charge in [0.1, 0.15) is 6.61 Å². The molecule has 1 heterocycles. The lowest BCUT2D eigenvalue weighted by molar-refractivity contribution is -0.145. The van der Waals surface area contributed by atoms with Crippen LogP contribution in [0.4, 0.5) is 0 Å². The van der Waals surface area contributed by atoms with E-state index in [1.54, 1.807) is 12.4 Å². The number of rotatable bonds is 8. The minimum atomic E-state index is -0.0882. The molecule has 0 amide bonds. The summed E-state index contributed by atoms with van der Waals surface area (Å²) in [4.78, 5) is 15.6. The first-order valence-corrected chi connectivity index (χ1v) is 7.89. The van der Waals surface area contributed by atoms with Crippen molar-refractivity contribution in [2.24, 2.45) is 5.92 Å². The van der Waals surface area contributed by atoms with E-state index in [1.807, 2.05) is 12.1 Å². The molecule has 1 fully saturated rings. The van der Waals surface area contributed by atoms with Crippen molar-refractivity contribution in [2.45, 2.75) is 64.4 Å². The summed E-state index contributed by atoms with van der Waals surface area (Å²) in [7, 11) is 0. The van der Waals surface area contributed by atoms with Crippen LogP contribution < -0.4 is 0 Å². The molecule has 1 aliphatic rings. The molecule has 2 rings (SSSR count). The highest BCUT2D eigenvalue weighted by Gasteiger charge is 2.14. The molecule has 0 atom stereocenters. The number of hydrogen-bond donors (Lipinski definition) is 0. The molecule has 1 aromatic rings. The minimum absolute atomic E-state index is 0.0882. The van der Waals surface area contributed by atoms with Crippen molar-refractivity contribution in [2.75, 3.05) is 0 Å². The van der Waals surface area contributed by atoms with Crippen LogP contribution >= 0.6 is 0 Å². The Morgan fingerprint density at radius 2 is 2.10 bits per heavy atom. The summed E-state index contributed by atoms with van der Waals surface area (Å²) in [5, 5.41) is 0. The lowest BCUT2D eigenvalue weighted by atomic mass is 9.99. The molecule has 0 radical (unpaired) electrons. The van der Waals surface area contributed by atoms with Crippen molar-refractivity contribution in [3.63, 3.8) is 0 Å². The zero-order chi connectivity index (χ0) is 14.0. The number of aromatic nitrogens is 1. The van der Waals surface area contributed by atoms with Crippen molar-refractivity contribution in [3.8, 4) is 0 Å². The number of unbranched alkanes of at least 4 members (excludes halogenated alkanes) is 2. The number of nitrogens with zero attached hydrogens (tertiary/aromatic N) is 1. The normalized spacial score (nSPS) is 15.4. The average molecular weight is 275 g/mol. The lowest BCUT2D eigenvalue weighted by Gasteiger charge is -2.08. The fourth-order valence-electron chi connectivity index (χ4n) is 2.90. The summed E-state index contributed by atoms with van der Waals surface area (Å²) in [6, 6.07) is 3.77. The van der Waals surface area contributed by atoms with Crippen LogP contribution in [-0.4, -0.2) is 11.0 Å². The first-order chi connectivity index (χ1) is 9.84. The molecule has 1 aliphatic carbocycles. The second-order valence-electron chi connectivity index (χ2n) is 5.77. The summed E-state index contributed by atoms with van der Waals surface area (Å²) < 4.78 is 5.23.